The van der Waals surface area contributed by atoms with Crippen molar-refractivity contribution >= 4 is 0 Å². The molecule has 0 aliphatic carbocycles. The van der Waals surface area contributed by atoms with Crippen molar-refractivity contribution in [3.63, 3.8) is 0 Å². The molecule has 0 spiro atoms. The van der Waals surface area contributed by atoms with Gasteiger partial charge < -0.3 is 55.8 Å². The van der Waals surface area contributed by atoms with Gasteiger partial charge in [0.05, 0.1) is 26.4 Å². The Bertz CT molecular complexity index is 277. The Kier molecular flexibility index (Phi) is 11.0. The predicted molar refractivity (Wildman–Crippen MR) is 73.0 cm³/mol. The molecule has 0 fully saturated rings. The number of hydrogen-bond acceptors (Lipinski definition) is 11. The van der Waals surface area contributed by atoms with E-state index in [1.54, 1.807) is 0 Å². The summed E-state index contributed by atoms with van der Waals surface area (Å²) >= 11 is 0. The summed E-state index contributed by atoms with van der Waals surface area (Å²) in [7, 11) is 0. The first-order valence-electron chi connectivity index (χ1n) is 6.92. The van der Waals surface area contributed by atoms with Crippen molar-refractivity contribution in [1.29, 1.82) is 0 Å². The van der Waals surface area contributed by atoms with Crippen molar-refractivity contribution in [3.8, 4) is 0 Å². The maximum absolute atomic E-state index is 9.82. The molecule has 0 aliphatic heterocycles. The van der Waals surface area contributed by atoms with Gasteiger partial charge in [-0.2, -0.15) is 0 Å². The summed E-state index contributed by atoms with van der Waals surface area (Å²) in [6, 6.07) is 0. The third-order valence-electron chi connectivity index (χ3n) is 3.28. The van der Waals surface area contributed by atoms with Crippen LogP contribution in [0.4, 0.5) is 0 Å². The molecule has 0 saturated heterocycles. The van der Waals surface area contributed by atoms with Crippen molar-refractivity contribution in [2.45, 2.75) is 48.8 Å². The Hall–Kier alpha value is -0.440. The number of aliphatic hydroxyl groups is 10. The SMILES string of the molecule is OCC(O)C(O)C(OC(C(O)CO)C(O)C(O)CO)C(O)CO. The molecule has 8 unspecified atom stereocenters. The fourth-order valence-corrected chi connectivity index (χ4v) is 1.84. The zero-order chi connectivity index (χ0) is 18.2. The second kappa shape index (κ2) is 11.2. The van der Waals surface area contributed by atoms with Gasteiger partial charge in [0.15, 0.2) is 0 Å². The van der Waals surface area contributed by atoms with Gasteiger partial charge in [0.2, 0.25) is 0 Å². The van der Waals surface area contributed by atoms with Gasteiger partial charge in [-0.3, -0.25) is 0 Å². The summed E-state index contributed by atoms with van der Waals surface area (Å²) in [6.45, 7) is -3.68. The fraction of sp³-hybridized carbons (Fsp3) is 1.00. The first-order chi connectivity index (χ1) is 10.7. The van der Waals surface area contributed by atoms with Gasteiger partial charge in [-0.05, 0) is 0 Å². The third kappa shape index (κ3) is 6.52. The van der Waals surface area contributed by atoms with Crippen LogP contribution in [0.3, 0.4) is 0 Å². The second-order valence-electron chi connectivity index (χ2n) is 5.05. The van der Waals surface area contributed by atoms with Crippen LogP contribution in [0, 0.1) is 0 Å². The lowest BCUT2D eigenvalue weighted by molar-refractivity contribution is -0.220. The second-order valence-corrected chi connectivity index (χ2v) is 5.05. The number of aliphatic hydroxyl groups excluding tert-OH is 10. The van der Waals surface area contributed by atoms with E-state index in [-0.39, 0.29) is 0 Å². The van der Waals surface area contributed by atoms with E-state index in [9.17, 15) is 30.6 Å². The maximum Gasteiger partial charge on any atom is 0.115 e. The van der Waals surface area contributed by atoms with E-state index < -0.39 is 75.3 Å². The molecule has 0 radical (unpaired) electrons. The van der Waals surface area contributed by atoms with E-state index in [1.165, 1.54) is 0 Å². The smallest absolute Gasteiger partial charge is 0.115 e. The van der Waals surface area contributed by atoms with Crippen LogP contribution in [0.15, 0.2) is 0 Å². The van der Waals surface area contributed by atoms with E-state index in [0.717, 1.165) is 0 Å². The van der Waals surface area contributed by atoms with Crippen molar-refractivity contribution in [1.82, 2.24) is 0 Å². The van der Waals surface area contributed by atoms with Gasteiger partial charge in [-0.25, -0.2) is 0 Å². The van der Waals surface area contributed by atoms with Crippen LogP contribution in [0.5, 0.6) is 0 Å². The quantitative estimate of drug-likeness (QED) is 0.160. The lowest BCUT2D eigenvalue weighted by Crippen LogP contribution is -2.56. The van der Waals surface area contributed by atoms with E-state index in [4.69, 9.17) is 25.2 Å². The minimum atomic E-state index is -1.92. The first-order valence-corrected chi connectivity index (χ1v) is 6.92. The standard InChI is InChI=1S/C12H26O11/c13-1-5(17)9(21)11(7(19)3-15)23-12(8(20)4-16)10(22)6(18)2-14/h5-22H,1-4H2. The van der Waals surface area contributed by atoms with Crippen LogP contribution in [-0.4, -0.2) is 126 Å². The minimum absolute atomic E-state index is 0.909. The Balaban J connectivity index is 5.33. The molecular weight excluding hydrogens is 320 g/mol. The molecule has 0 aromatic carbocycles. The van der Waals surface area contributed by atoms with Crippen molar-refractivity contribution in [2.75, 3.05) is 26.4 Å². The summed E-state index contributed by atoms with van der Waals surface area (Å²) in [4.78, 5) is 0. The van der Waals surface area contributed by atoms with E-state index in [2.05, 4.69) is 0 Å². The Labute approximate surface area is 132 Å². The van der Waals surface area contributed by atoms with Crippen LogP contribution in [-0.2, 0) is 4.74 Å². The summed E-state index contributed by atoms with van der Waals surface area (Å²) in [5, 5.41) is 93.3. The molecule has 0 heterocycles. The topological polar surface area (TPSA) is 212 Å². The third-order valence-corrected chi connectivity index (χ3v) is 3.28. The normalized spacial score (nSPS) is 22.7. The highest BCUT2D eigenvalue weighted by atomic mass is 16.6. The highest BCUT2D eigenvalue weighted by Gasteiger charge is 2.40. The average molecular weight is 346 g/mol. The summed E-state index contributed by atoms with van der Waals surface area (Å²) in [6.07, 6.45) is -14.5. The molecule has 11 heteroatoms. The molecular formula is C12H26O11. The molecule has 11 nitrogen and oxygen atoms in total. The average Bonchev–Trinajstić information content (AvgIpc) is 2.58. The van der Waals surface area contributed by atoms with Crippen LogP contribution >= 0.6 is 0 Å². The van der Waals surface area contributed by atoms with Gasteiger partial charge in [-0.1, -0.05) is 0 Å². The van der Waals surface area contributed by atoms with Crippen LogP contribution in [0.1, 0.15) is 0 Å². The van der Waals surface area contributed by atoms with E-state index in [1.807, 2.05) is 0 Å². The zero-order valence-corrected chi connectivity index (χ0v) is 12.3. The Morgan fingerprint density at radius 3 is 0.957 bits per heavy atom. The van der Waals surface area contributed by atoms with Gasteiger partial charge in [-0.15, -0.1) is 0 Å². The molecule has 0 bridgehead atoms. The largest absolute Gasteiger partial charge is 0.394 e. The van der Waals surface area contributed by atoms with Gasteiger partial charge in [0.25, 0.3) is 0 Å². The first kappa shape index (κ1) is 22.6. The summed E-state index contributed by atoms with van der Waals surface area (Å²) in [5.41, 5.74) is 0. The zero-order valence-electron chi connectivity index (χ0n) is 12.3. The van der Waals surface area contributed by atoms with Crippen molar-refractivity contribution in [2.24, 2.45) is 0 Å². The number of hydrogen-bond donors (Lipinski definition) is 10. The maximum atomic E-state index is 9.82. The van der Waals surface area contributed by atoms with Crippen LogP contribution in [0.25, 0.3) is 0 Å². The van der Waals surface area contributed by atoms with E-state index in [0.29, 0.717) is 0 Å². The minimum Gasteiger partial charge on any atom is -0.394 e. The van der Waals surface area contributed by atoms with Gasteiger partial charge in [0.1, 0.15) is 48.8 Å². The predicted octanol–water partition coefficient (Wildman–Crippen LogP) is -6.13. The lowest BCUT2D eigenvalue weighted by Gasteiger charge is -2.36. The van der Waals surface area contributed by atoms with E-state index >= 15 is 0 Å². The Morgan fingerprint density at radius 2 is 0.739 bits per heavy atom. The van der Waals surface area contributed by atoms with Gasteiger partial charge in [0, 0.05) is 0 Å². The number of rotatable bonds is 12. The molecule has 0 rings (SSSR count). The Morgan fingerprint density at radius 1 is 0.478 bits per heavy atom. The van der Waals surface area contributed by atoms with Crippen LogP contribution < -0.4 is 0 Å². The highest BCUT2D eigenvalue weighted by molar-refractivity contribution is 4.88. The molecule has 0 amide bonds. The monoisotopic (exact) mass is 346 g/mol. The molecule has 0 aromatic heterocycles. The van der Waals surface area contributed by atoms with Gasteiger partial charge >= 0.3 is 0 Å². The van der Waals surface area contributed by atoms with Crippen molar-refractivity contribution in [3.05, 3.63) is 0 Å². The molecule has 10 N–H and O–H groups in total. The molecule has 0 saturated carbocycles. The van der Waals surface area contributed by atoms with Crippen molar-refractivity contribution < 1.29 is 55.8 Å². The lowest BCUT2D eigenvalue weighted by atomic mass is 10.00. The number of ether oxygens (including phenoxy) is 1. The highest BCUT2D eigenvalue weighted by Crippen LogP contribution is 2.18. The molecule has 23 heavy (non-hydrogen) atoms. The summed E-state index contributed by atoms with van der Waals surface area (Å²) < 4.78 is 5.06. The fourth-order valence-electron chi connectivity index (χ4n) is 1.84. The molecule has 0 aliphatic rings. The summed E-state index contributed by atoms with van der Waals surface area (Å²) in [5.74, 6) is 0. The molecule has 0 aromatic rings. The molecule has 140 valence electrons. The molecule has 8 atom stereocenters. The van der Waals surface area contributed by atoms with Crippen LogP contribution in [0.2, 0.25) is 0 Å².